The van der Waals surface area contributed by atoms with Crippen LogP contribution in [0.2, 0.25) is 0 Å². The number of hydrogen-bond acceptors (Lipinski definition) is 4. The molecule has 1 aliphatic rings. The summed E-state index contributed by atoms with van der Waals surface area (Å²) in [5.41, 5.74) is 7.76. The van der Waals surface area contributed by atoms with Gasteiger partial charge in [-0.15, -0.1) is 0 Å². The van der Waals surface area contributed by atoms with E-state index in [4.69, 9.17) is 10.3 Å². The average Bonchev–Trinajstić information content (AvgIpc) is 2.91. The van der Waals surface area contributed by atoms with Gasteiger partial charge in [0, 0.05) is 11.6 Å². The molecule has 1 heterocycles. The fourth-order valence-corrected chi connectivity index (χ4v) is 2.88. The number of rotatable bonds is 3. The van der Waals surface area contributed by atoms with Crippen LogP contribution >= 0.6 is 0 Å². The van der Waals surface area contributed by atoms with E-state index in [-0.39, 0.29) is 0 Å². The second kappa shape index (κ2) is 5.65. The molecule has 0 atom stereocenters. The Bertz CT molecular complexity index is 571. The Morgan fingerprint density at radius 1 is 1.20 bits per heavy atom. The predicted octanol–water partition coefficient (Wildman–Crippen LogP) is 3.54. The summed E-state index contributed by atoms with van der Waals surface area (Å²) in [5.74, 6) is 2.84. The second-order valence-electron chi connectivity index (χ2n) is 5.88. The summed E-state index contributed by atoms with van der Waals surface area (Å²) in [6.45, 7) is 2.32. The number of benzene rings is 1. The van der Waals surface area contributed by atoms with Gasteiger partial charge in [-0.05, 0) is 30.4 Å². The maximum Gasteiger partial charge on any atom is 0.231 e. The molecule has 4 nitrogen and oxygen atoms in total. The summed E-state index contributed by atoms with van der Waals surface area (Å²) < 4.78 is 5.39. The fraction of sp³-hybridized carbons (Fsp3) is 0.500. The average molecular weight is 271 g/mol. The third-order valence-electron chi connectivity index (χ3n) is 4.26. The minimum Gasteiger partial charge on any atom is -0.398 e. The lowest BCUT2D eigenvalue weighted by atomic mass is 9.83. The van der Waals surface area contributed by atoms with Crippen molar-refractivity contribution in [1.29, 1.82) is 0 Å². The molecule has 0 amide bonds. The Balaban J connectivity index is 1.69. The van der Waals surface area contributed by atoms with Gasteiger partial charge in [-0.3, -0.25) is 0 Å². The van der Waals surface area contributed by atoms with Crippen molar-refractivity contribution >= 4 is 5.69 Å². The third-order valence-corrected chi connectivity index (χ3v) is 4.26. The van der Waals surface area contributed by atoms with E-state index in [1.165, 1.54) is 25.7 Å². The molecule has 1 saturated carbocycles. The van der Waals surface area contributed by atoms with Gasteiger partial charge < -0.3 is 10.3 Å². The van der Waals surface area contributed by atoms with Crippen LogP contribution in [0, 0.1) is 5.92 Å². The van der Waals surface area contributed by atoms with Crippen molar-refractivity contribution in [1.82, 2.24) is 10.1 Å². The van der Waals surface area contributed by atoms with Gasteiger partial charge in [-0.2, -0.15) is 4.98 Å². The van der Waals surface area contributed by atoms with Crippen LogP contribution in [-0.4, -0.2) is 10.1 Å². The van der Waals surface area contributed by atoms with E-state index in [0.29, 0.717) is 18.2 Å². The van der Waals surface area contributed by atoms with Crippen molar-refractivity contribution in [2.45, 2.75) is 44.9 Å². The van der Waals surface area contributed by atoms with Crippen LogP contribution in [-0.2, 0) is 6.42 Å². The molecule has 1 aliphatic carbocycles. The molecule has 1 aromatic carbocycles. The lowest BCUT2D eigenvalue weighted by Crippen LogP contribution is -2.12. The predicted molar refractivity (Wildman–Crippen MR) is 78.3 cm³/mol. The summed E-state index contributed by atoms with van der Waals surface area (Å²) in [6.07, 6.45) is 5.49. The van der Waals surface area contributed by atoms with Crippen molar-refractivity contribution in [2.24, 2.45) is 5.92 Å². The van der Waals surface area contributed by atoms with Crippen LogP contribution in [0.3, 0.4) is 0 Å². The van der Waals surface area contributed by atoms with Crippen LogP contribution in [0.1, 0.15) is 55.8 Å². The molecule has 0 bridgehead atoms. The number of hydrogen-bond donors (Lipinski definition) is 1. The number of nitrogens with zero attached hydrogens (tertiary/aromatic N) is 2. The summed E-state index contributed by atoms with van der Waals surface area (Å²) in [5, 5.41) is 4.16. The Morgan fingerprint density at radius 3 is 2.70 bits per heavy atom. The zero-order chi connectivity index (χ0) is 13.9. The van der Waals surface area contributed by atoms with Crippen LogP contribution in [0.25, 0.3) is 0 Å². The van der Waals surface area contributed by atoms with E-state index in [1.807, 2.05) is 24.3 Å². The first kappa shape index (κ1) is 13.2. The van der Waals surface area contributed by atoms with E-state index >= 15 is 0 Å². The van der Waals surface area contributed by atoms with E-state index in [0.717, 1.165) is 23.0 Å². The monoisotopic (exact) mass is 271 g/mol. The molecule has 2 N–H and O–H groups in total. The zero-order valence-corrected chi connectivity index (χ0v) is 11.9. The highest BCUT2D eigenvalue weighted by Crippen LogP contribution is 2.34. The Morgan fingerprint density at radius 2 is 1.95 bits per heavy atom. The van der Waals surface area contributed by atoms with E-state index in [2.05, 4.69) is 17.1 Å². The minimum atomic E-state index is 0.469. The first-order chi connectivity index (χ1) is 9.72. The molecule has 3 rings (SSSR count). The van der Waals surface area contributed by atoms with Crippen LogP contribution in [0.5, 0.6) is 0 Å². The van der Waals surface area contributed by atoms with Crippen LogP contribution < -0.4 is 5.73 Å². The highest BCUT2D eigenvalue weighted by atomic mass is 16.5. The second-order valence-corrected chi connectivity index (χ2v) is 5.88. The topological polar surface area (TPSA) is 64.9 Å². The van der Waals surface area contributed by atoms with Gasteiger partial charge >= 0.3 is 0 Å². The molecule has 1 aromatic heterocycles. The Labute approximate surface area is 119 Å². The summed E-state index contributed by atoms with van der Waals surface area (Å²) in [4.78, 5) is 4.56. The smallest absolute Gasteiger partial charge is 0.231 e. The van der Waals surface area contributed by atoms with Crippen LogP contribution in [0.4, 0.5) is 5.69 Å². The largest absolute Gasteiger partial charge is 0.398 e. The van der Waals surface area contributed by atoms with E-state index in [1.54, 1.807) is 0 Å². The number of anilines is 1. The van der Waals surface area contributed by atoms with E-state index < -0.39 is 0 Å². The quantitative estimate of drug-likeness (QED) is 0.867. The number of nitrogen functional groups attached to an aromatic ring is 1. The van der Waals surface area contributed by atoms with Crippen molar-refractivity contribution < 1.29 is 4.52 Å². The summed E-state index contributed by atoms with van der Waals surface area (Å²) >= 11 is 0. The lowest BCUT2D eigenvalue weighted by molar-refractivity contribution is 0.324. The summed E-state index contributed by atoms with van der Waals surface area (Å²) in [7, 11) is 0. The Hall–Kier alpha value is -1.84. The molecule has 1 fully saturated rings. The first-order valence-corrected chi connectivity index (χ1v) is 7.38. The molecule has 4 heteroatoms. The van der Waals surface area contributed by atoms with Gasteiger partial charge in [0.15, 0.2) is 5.82 Å². The van der Waals surface area contributed by atoms with E-state index in [9.17, 15) is 0 Å². The van der Waals surface area contributed by atoms with Gasteiger partial charge in [-0.1, -0.05) is 43.1 Å². The molecule has 0 spiro atoms. The van der Waals surface area contributed by atoms with Gasteiger partial charge in [-0.25, -0.2) is 0 Å². The Kier molecular flexibility index (Phi) is 3.72. The normalized spacial score (nSPS) is 22.9. The van der Waals surface area contributed by atoms with Gasteiger partial charge in [0.1, 0.15) is 0 Å². The standard InChI is InChI=1S/C16H21N3O/c1-11-6-8-12(9-7-11)16-18-15(20-19-16)10-13-4-2-3-5-14(13)17/h2-5,11-12H,6-10,17H2,1H3. The van der Waals surface area contributed by atoms with Crippen molar-refractivity contribution in [3.8, 4) is 0 Å². The van der Waals surface area contributed by atoms with Gasteiger partial charge in [0.25, 0.3) is 0 Å². The van der Waals surface area contributed by atoms with Crippen molar-refractivity contribution in [3.05, 3.63) is 41.5 Å². The number of nitrogens with two attached hydrogens (primary N) is 1. The molecule has 0 radical (unpaired) electrons. The van der Waals surface area contributed by atoms with Gasteiger partial charge in [0.2, 0.25) is 5.89 Å². The minimum absolute atomic E-state index is 0.469. The first-order valence-electron chi connectivity index (χ1n) is 7.38. The van der Waals surface area contributed by atoms with Gasteiger partial charge in [0.05, 0.1) is 6.42 Å². The summed E-state index contributed by atoms with van der Waals surface area (Å²) in [6, 6.07) is 7.81. The number of para-hydroxylation sites is 1. The molecule has 0 unspecified atom stereocenters. The zero-order valence-electron chi connectivity index (χ0n) is 11.9. The lowest BCUT2D eigenvalue weighted by Gasteiger charge is -2.23. The van der Waals surface area contributed by atoms with Crippen LogP contribution in [0.15, 0.2) is 28.8 Å². The molecular weight excluding hydrogens is 250 g/mol. The van der Waals surface area contributed by atoms with Crippen molar-refractivity contribution in [2.75, 3.05) is 5.73 Å². The highest BCUT2D eigenvalue weighted by molar-refractivity contribution is 5.47. The maximum atomic E-state index is 5.94. The SMILES string of the molecule is CC1CCC(c2noc(Cc3ccccc3N)n2)CC1. The molecule has 2 aromatic rings. The third kappa shape index (κ3) is 2.84. The molecule has 20 heavy (non-hydrogen) atoms. The molecule has 0 saturated heterocycles. The molecular formula is C16H21N3O. The molecule has 0 aliphatic heterocycles. The maximum absolute atomic E-state index is 5.94. The van der Waals surface area contributed by atoms with Crippen molar-refractivity contribution in [3.63, 3.8) is 0 Å². The number of aromatic nitrogens is 2. The fourth-order valence-electron chi connectivity index (χ4n) is 2.88. The highest BCUT2D eigenvalue weighted by Gasteiger charge is 2.24. The molecule has 106 valence electrons.